The molecule has 1 aromatic carbocycles. The van der Waals surface area contributed by atoms with Crippen LogP contribution in [-0.4, -0.2) is 25.3 Å². The summed E-state index contributed by atoms with van der Waals surface area (Å²) >= 11 is 0. The summed E-state index contributed by atoms with van der Waals surface area (Å²) in [6.45, 7) is 10.7. The summed E-state index contributed by atoms with van der Waals surface area (Å²) in [6, 6.07) is 9.47. The number of hydrogen-bond donors (Lipinski definition) is 1. The molecule has 1 aliphatic heterocycles. The molecule has 2 atom stereocenters. The first-order valence-electron chi connectivity index (χ1n) is 7.42. The van der Waals surface area contributed by atoms with E-state index in [9.17, 15) is 0 Å². The van der Waals surface area contributed by atoms with Gasteiger partial charge in [0.25, 0.3) is 0 Å². The zero-order valence-electron chi connectivity index (χ0n) is 12.7. The van der Waals surface area contributed by atoms with Gasteiger partial charge in [0.1, 0.15) is 0 Å². The molecule has 0 amide bonds. The molecule has 2 heteroatoms. The van der Waals surface area contributed by atoms with Crippen LogP contribution in [0.4, 0.5) is 0 Å². The minimum atomic E-state index is 0.250. The van der Waals surface area contributed by atoms with Gasteiger partial charge in [0.15, 0.2) is 0 Å². The third-order valence-corrected chi connectivity index (χ3v) is 4.37. The van der Waals surface area contributed by atoms with Crippen molar-refractivity contribution in [1.82, 2.24) is 5.32 Å². The predicted molar refractivity (Wildman–Crippen MR) is 80.5 cm³/mol. The maximum absolute atomic E-state index is 5.86. The molecule has 0 aliphatic carbocycles. The Morgan fingerprint density at radius 2 is 2.00 bits per heavy atom. The summed E-state index contributed by atoms with van der Waals surface area (Å²) in [5, 5.41) is 3.61. The average Bonchev–Trinajstić information content (AvgIpc) is 2.72. The first kappa shape index (κ1) is 14.5. The quantitative estimate of drug-likeness (QED) is 0.878. The highest BCUT2D eigenvalue weighted by molar-refractivity contribution is 5.23. The van der Waals surface area contributed by atoms with E-state index in [1.165, 1.54) is 11.1 Å². The third-order valence-electron chi connectivity index (χ3n) is 4.37. The lowest BCUT2D eigenvalue weighted by atomic mass is 9.76. The predicted octanol–water partition coefficient (Wildman–Crippen LogP) is 3.33. The van der Waals surface area contributed by atoms with Crippen molar-refractivity contribution >= 4 is 0 Å². The van der Waals surface area contributed by atoms with Gasteiger partial charge >= 0.3 is 0 Å². The van der Waals surface area contributed by atoms with Crippen LogP contribution in [0.25, 0.3) is 0 Å². The van der Waals surface area contributed by atoms with Crippen LogP contribution in [0, 0.1) is 12.3 Å². The molecule has 0 saturated carbocycles. The number of ether oxygens (including phenoxy) is 1. The van der Waals surface area contributed by atoms with Gasteiger partial charge in [-0.2, -0.15) is 0 Å². The van der Waals surface area contributed by atoms with Gasteiger partial charge in [-0.05, 0) is 32.3 Å². The van der Waals surface area contributed by atoms with Crippen molar-refractivity contribution in [3.05, 3.63) is 35.4 Å². The van der Waals surface area contributed by atoms with E-state index in [0.717, 1.165) is 26.0 Å². The lowest BCUT2D eigenvalue weighted by molar-refractivity contribution is 0.0621. The Bertz CT molecular complexity index is 398. The van der Waals surface area contributed by atoms with E-state index < -0.39 is 0 Å². The van der Waals surface area contributed by atoms with E-state index in [-0.39, 0.29) is 5.41 Å². The molecule has 0 aromatic heterocycles. The average molecular weight is 261 g/mol. The Morgan fingerprint density at radius 3 is 2.53 bits per heavy atom. The summed E-state index contributed by atoms with van der Waals surface area (Å²) in [4.78, 5) is 0. The number of nitrogens with one attached hydrogen (secondary N) is 1. The van der Waals surface area contributed by atoms with Crippen molar-refractivity contribution in [3.63, 3.8) is 0 Å². The second-order valence-corrected chi connectivity index (χ2v) is 6.32. The Labute approximate surface area is 117 Å². The van der Waals surface area contributed by atoms with E-state index in [2.05, 4.69) is 57.3 Å². The Balaban J connectivity index is 2.11. The largest absolute Gasteiger partial charge is 0.378 e. The molecule has 1 fully saturated rings. The van der Waals surface area contributed by atoms with E-state index >= 15 is 0 Å². The van der Waals surface area contributed by atoms with Gasteiger partial charge in [-0.15, -0.1) is 0 Å². The molecule has 1 saturated heterocycles. The highest BCUT2D eigenvalue weighted by Gasteiger charge is 2.41. The molecular weight excluding hydrogens is 234 g/mol. The van der Waals surface area contributed by atoms with E-state index in [1.54, 1.807) is 0 Å². The lowest BCUT2D eigenvalue weighted by Crippen LogP contribution is -2.43. The lowest BCUT2D eigenvalue weighted by Gasteiger charge is -2.33. The van der Waals surface area contributed by atoms with Gasteiger partial charge in [0.2, 0.25) is 0 Å². The minimum absolute atomic E-state index is 0.250. The first-order chi connectivity index (χ1) is 9.02. The zero-order valence-corrected chi connectivity index (χ0v) is 12.7. The van der Waals surface area contributed by atoms with Crippen LogP contribution < -0.4 is 5.32 Å². The zero-order chi connectivity index (χ0) is 13.9. The fourth-order valence-electron chi connectivity index (χ4n) is 2.87. The Morgan fingerprint density at radius 1 is 1.32 bits per heavy atom. The van der Waals surface area contributed by atoms with Gasteiger partial charge < -0.3 is 10.1 Å². The summed E-state index contributed by atoms with van der Waals surface area (Å²) in [6.07, 6.45) is 2.59. The van der Waals surface area contributed by atoms with Crippen molar-refractivity contribution in [2.75, 3.05) is 13.2 Å². The molecular formula is C17H27NO. The molecule has 1 aliphatic rings. The monoisotopic (exact) mass is 261 g/mol. The van der Waals surface area contributed by atoms with Crippen LogP contribution in [0.2, 0.25) is 0 Å². The van der Waals surface area contributed by atoms with E-state index in [1.807, 2.05) is 0 Å². The normalized spacial score (nSPS) is 27.1. The van der Waals surface area contributed by atoms with Gasteiger partial charge in [-0.3, -0.25) is 0 Å². The molecule has 2 rings (SSSR count). The minimum Gasteiger partial charge on any atom is -0.378 e. The van der Waals surface area contributed by atoms with Crippen LogP contribution >= 0.6 is 0 Å². The highest BCUT2D eigenvalue weighted by Crippen LogP contribution is 2.37. The summed E-state index contributed by atoms with van der Waals surface area (Å²) in [5.41, 5.74) is 3.00. The molecule has 19 heavy (non-hydrogen) atoms. The van der Waals surface area contributed by atoms with Crippen LogP contribution in [-0.2, 0) is 11.2 Å². The number of benzene rings is 1. The van der Waals surface area contributed by atoms with Gasteiger partial charge in [-0.1, -0.05) is 43.7 Å². The van der Waals surface area contributed by atoms with Crippen LogP contribution in [0.3, 0.4) is 0 Å². The molecule has 2 unspecified atom stereocenters. The molecule has 0 spiro atoms. The Hall–Kier alpha value is -0.860. The maximum Gasteiger partial charge on any atom is 0.0619 e. The SMILES string of the molecule is Cc1ccc(CC2(CNC(C)C)CCOC2C)cc1. The van der Waals surface area contributed by atoms with E-state index in [4.69, 9.17) is 4.74 Å². The smallest absolute Gasteiger partial charge is 0.0619 e. The number of aryl methyl sites for hydroxylation is 1. The van der Waals surface area contributed by atoms with Crippen molar-refractivity contribution in [2.24, 2.45) is 5.41 Å². The maximum atomic E-state index is 5.86. The molecule has 106 valence electrons. The number of hydrogen-bond acceptors (Lipinski definition) is 2. The first-order valence-corrected chi connectivity index (χ1v) is 7.42. The molecule has 1 N–H and O–H groups in total. The van der Waals surface area contributed by atoms with Crippen molar-refractivity contribution in [2.45, 2.75) is 52.7 Å². The summed E-state index contributed by atoms with van der Waals surface area (Å²) in [7, 11) is 0. The summed E-state index contributed by atoms with van der Waals surface area (Å²) in [5.74, 6) is 0. The third kappa shape index (κ3) is 3.58. The van der Waals surface area contributed by atoms with E-state index in [0.29, 0.717) is 12.1 Å². The molecule has 2 nitrogen and oxygen atoms in total. The van der Waals surface area contributed by atoms with Crippen molar-refractivity contribution in [1.29, 1.82) is 0 Å². The second kappa shape index (κ2) is 6.06. The Kier molecular flexibility index (Phi) is 4.64. The molecule has 0 bridgehead atoms. The van der Waals surface area contributed by atoms with Crippen LogP contribution in [0.1, 0.15) is 38.3 Å². The fourth-order valence-corrected chi connectivity index (χ4v) is 2.87. The van der Waals surface area contributed by atoms with Gasteiger partial charge in [-0.25, -0.2) is 0 Å². The standard InChI is InChI=1S/C17H27NO/c1-13(2)18-12-17(9-10-19-15(17)4)11-16-7-5-14(3)6-8-16/h5-8,13,15,18H,9-12H2,1-4H3. The van der Waals surface area contributed by atoms with Crippen LogP contribution in [0.5, 0.6) is 0 Å². The molecule has 1 aromatic rings. The van der Waals surface area contributed by atoms with Crippen molar-refractivity contribution in [3.8, 4) is 0 Å². The summed E-state index contributed by atoms with van der Waals surface area (Å²) < 4.78 is 5.86. The van der Waals surface area contributed by atoms with Gasteiger partial charge in [0.05, 0.1) is 6.10 Å². The highest BCUT2D eigenvalue weighted by atomic mass is 16.5. The fraction of sp³-hybridized carbons (Fsp3) is 0.647. The second-order valence-electron chi connectivity index (χ2n) is 6.32. The van der Waals surface area contributed by atoms with Gasteiger partial charge in [0, 0.05) is 24.6 Å². The molecule has 0 radical (unpaired) electrons. The van der Waals surface area contributed by atoms with Crippen molar-refractivity contribution < 1.29 is 4.74 Å². The molecule has 1 heterocycles. The number of rotatable bonds is 5. The topological polar surface area (TPSA) is 21.3 Å². The van der Waals surface area contributed by atoms with Crippen LogP contribution in [0.15, 0.2) is 24.3 Å².